The van der Waals surface area contributed by atoms with E-state index >= 15 is 0 Å². The van der Waals surface area contributed by atoms with Crippen LogP contribution in [0.15, 0.2) is 40.5 Å². The molecule has 0 saturated heterocycles. The van der Waals surface area contributed by atoms with E-state index in [-0.39, 0.29) is 5.78 Å². The molecule has 0 fully saturated rings. The molecule has 2 rings (SSSR count). The summed E-state index contributed by atoms with van der Waals surface area (Å²) in [4.78, 5) is 21.9. The zero-order chi connectivity index (χ0) is 13.5. The highest BCUT2D eigenvalue weighted by Gasteiger charge is 2.15. The SMILES string of the molecule is O=C=NN1NC=NN1NCCC(=O)c1ccccc1. The predicted molar refractivity (Wildman–Crippen MR) is 66.8 cm³/mol. The number of hydrazone groups is 2. The summed E-state index contributed by atoms with van der Waals surface area (Å²) >= 11 is 0. The second-order valence-electron chi connectivity index (χ2n) is 3.59. The van der Waals surface area contributed by atoms with E-state index in [2.05, 4.69) is 21.1 Å². The molecule has 1 heterocycles. The van der Waals surface area contributed by atoms with E-state index in [0.717, 1.165) is 5.23 Å². The van der Waals surface area contributed by atoms with Crippen LogP contribution in [0.5, 0.6) is 0 Å². The normalized spacial score (nSPS) is 13.1. The van der Waals surface area contributed by atoms with Gasteiger partial charge in [0.25, 0.3) is 6.08 Å². The lowest BCUT2D eigenvalue weighted by atomic mass is 10.1. The number of rotatable bonds is 6. The van der Waals surface area contributed by atoms with Gasteiger partial charge < -0.3 is 0 Å². The maximum Gasteiger partial charge on any atom is 0.261 e. The number of carbonyl (C=O) groups is 1. The molecule has 1 aromatic rings. The van der Waals surface area contributed by atoms with Gasteiger partial charge in [0.2, 0.25) is 0 Å². The van der Waals surface area contributed by atoms with Crippen LogP contribution in [0, 0.1) is 0 Å². The lowest BCUT2D eigenvalue weighted by molar-refractivity contribution is -0.0700. The van der Waals surface area contributed by atoms with E-state index < -0.39 is 0 Å². The van der Waals surface area contributed by atoms with Gasteiger partial charge in [-0.3, -0.25) is 4.79 Å². The van der Waals surface area contributed by atoms with Gasteiger partial charge in [0.1, 0.15) is 6.34 Å². The van der Waals surface area contributed by atoms with Crippen LogP contribution in [0.1, 0.15) is 16.8 Å². The fraction of sp³-hybridized carbons (Fsp3) is 0.182. The molecule has 0 spiro atoms. The first-order valence-corrected chi connectivity index (χ1v) is 5.59. The summed E-state index contributed by atoms with van der Waals surface area (Å²) in [5.74, 6) is 0.0228. The number of nitrogens with zero attached hydrogens (tertiary/aromatic N) is 4. The van der Waals surface area contributed by atoms with E-state index in [1.54, 1.807) is 12.1 Å². The monoisotopic (exact) mass is 260 g/mol. The lowest BCUT2D eigenvalue weighted by Crippen LogP contribution is -2.46. The van der Waals surface area contributed by atoms with Gasteiger partial charge in [-0.15, -0.1) is 5.10 Å². The minimum atomic E-state index is 0.0228. The fourth-order valence-electron chi connectivity index (χ4n) is 1.49. The minimum Gasteiger partial charge on any atom is -0.294 e. The molecule has 0 amide bonds. The zero-order valence-electron chi connectivity index (χ0n) is 9.98. The Hall–Kier alpha value is -2.70. The number of isocyanates is 1. The Bertz CT molecular complexity index is 511. The maximum atomic E-state index is 11.8. The van der Waals surface area contributed by atoms with Crippen molar-refractivity contribution in [3.63, 3.8) is 0 Å². The van der Waals surface area contributed by atoms with E-state index in [1.807, 2.05) is 18.2 Å². The summed E-state index contributed by atoms with van der Waals surface area (Å²) in [6.45, 7) is 0.359. The third kappa shape index (κ3) is 3.38. The Labute approximate surface area is 109 Å². The molecule has 0 bridgehead atoms. The molecule has 2 N–H and O–H groups in total. The molecule has 0 radical (unpaired) electrons. The van der Waals surface area contributed by atoms with Crippen LogP contribution in [-0.2, 0) is 4.79 Å². The van der Waals surface area contributed by atoms with Gasteiger partial charge in [0.15, 0.2) is 5.78 Å². The molecule has 98 valence electrons. The Kier molecular flexibility index (Phi) is 4.22. The average Bonchev–Trinajstić information content (AvgIpc) is 2.88. The van der Waals surface area contributed by atoms with Gasteiger partial charge in [-0.05, 0) is 5.10 Å². The summed E-state index contributed by atoms with van der Waals surface area (Å²) in [6.07, 6.45) is 3.01. The summed E-state index contributed by atoms with van der Waals surface area (Å²) < 4.78 is 0. The molecular formula is C11H12N6O2. The van der Waals surface area contributed by atoms with Crippen molar-refractivity contribution >= 4 is 18.2 Å². The first-order valence-electron chi connectivity index (χ1n) is 5.59. The highest BCUT2D eigenvalue weighted by molar-refractivity contribution is 5.96. The van der Waals surface area contributed by atoms with Gasteiger partial charge in [0, 0.05) is 18.5 Å². The Morgan fingerprint density at radius 1 is 1.42 bits per heavy atom. The number of hydrogen-bond acceptors (Lipinski definition) is 8. The number of hydrazine groups is 3. The number of ketones is 1. The smallest absolute Gasteiger partial charge is 0.261 e. The van der Waals surface area contributed by atoms with Crippen LogP contribution in [-0.4, -0.2) is 35.2 Å². The van der Waals surface area contributed by atoms with Crippen molar-refractivity contribution in [1.29, 1.82) is 0 Å². The van der Waals surface area contributed by atoms with Gasteiger partial charge in [-0.25, -0.2) is 10.2 Å². The molecule has 8 heteroatoms. The van der Waals surface area contributed by atoms with Gasteiger partial charge >= 0.3 is 0 Å². The van der Waals surface area contributed by atoms with Crippen LogP contribution in [0.3, 0.4) is 0 Å². The van der Waals surface area contributed by atoms with Crippen molar-refractivity contribution in [2.24, 2.45) is 10.2 Å². The number of nitrogens with one attached hydrogen (secondary N) is 2. The second-order valence-corrected chi connectivity index (χ2v) is 3.59. The molecule has 0 atom stereocenters. The minimum absolute atomic E-state index is 0.0228. The lowest BCUT2D eigenvalue weighted by Gasteiger charge is -2.20. The molecule has 0 unspecified atom stereocenters. The molecule has 1 aromatic carbocycles. The summed E-state index contributed by atoms with van der Waals surface area (Å²) in [5.41, 5.74) is 6.05. The highest BCUT2D eigenvalue weighted by atomic mass is 16.2. The molecule has 0 aromatic heterocycles. The Morgan fingerprint density at radius 2 is 2.21 bits per heavy atom. The summed E-state index contributed by atoms with van der Waals surface area (Å²) in [7, 11) is 0. The largest absolute Gasteiger partial charge is 0.294 e. The van der Waals surface area contributed by atoms with Crippen LogP contribution in [0.4, 0.5) is 0 Å². The van der Waals surface area contributed by atoms with Gasteiger partial charge in [-0.1, -0.05) is 40.8 Å². The van der Waals surface area contributed by atoms with Crippen LogP contribution in [0.2, 0.25) is 0 Å². The molecule has 1 aliphatic heterocycles. The quantitative estimate of drug-likeness (QED) is 0.425. The fourth-order valence-corrected chi connectivity index (χ4v) is 1.49. The highest BCUT2D eigenvalue weighted by Crippen LogP contribution is 2.03. The topological polar surface area (TPSA) is 89.4 Å². The van der Waals surface area contributed by atoms with Crippen molar-refractivity contribution in [1.82, 2.24) is 21.3 Å². The van der Waals surface area contributed by atoms with E-state index in [9.17, 15) is 9.59 Å². The number of Topliss-reactive ketones (excluding diaryl/α,β-unsaturated/α-hetero) is 1. The van der Waals surface area contributed by atoms with Crippen molar-refractivity contribution in [3.05, 3.63) is 35.9 Å². The summed E-state index contributed by atoms with van der Waals surface area (Å²) in [5, 5.41) is 9.42. The predicted octanol–water partition coefficient (Wildman–Crippen LogP) is -0.00470. The standard InChI is InChI=1S/C11H12N6O2/c18-9-15-17-14-8-13-16(17)12-7-6-11(19)10-4-2-1-3-5-10/h1-5,8,12H,6-7H2,(H,13,14). The molecule has 0 saturated carbocycles. The molecular weight excluding hydrogens is 248 g/mol. The van der Waals surface area contributed by atoms with Gasteiger partial charge in [-0.2, -0.15) is 5.43 Å². The first kappa shape index (κ1) is 12.7. The van der Waals surface area contributed by atoms with Crippen molar-refractivity contribution in [2.75, 3.05) is 6.54 Å². The Morgan fingerprint density at radius 3 is 2.95 bits per heavy atom. The van der Waals surface area contributed by atoms with Crippen molar-refractivity contribution < 1.29 is 9.59 Å². The van der Waals surface area contributed by atoms with Crippen LogP contribution in [0.25, 0.3) is 0 Å². The van der Waals surface area contributed by atoms with E-state index in [0.29, 0.717) is 18.5 Å². The molecule has 0 aliphatic carbocycles. The first-order chi connectivity index (χ1) is 9.31. The van der Waals surface area contributed by atoms with Crippen molar-refractivity contribution in [2.45, 2.75) is 6.42 Å². The average molecular weight is 260 g/mol. The zero-order valence-corrected chi connectivity index (χ0v) is 9.98. The third-order valence-corrected chi connectivity index (χ3v) is 2.36. The third-order valence-electron chi connectivity index (χ3n) is 2.36. The van der Waals surface area contributed by atoms with E-state index in [4.69, 9.17) is 0 Å². The van der Waals surface area contributed by atoms with E-state index in [1.165, 1.54) is 17.6 Å². The number of hydrogen-bond donors (Lipinski definition) is 2. The molecule has 1 aliphatic rings. The van der Waals surface area contributed by atoms with Crippen LogP contribution >= 0.6 is 0 Å². The molecule has 19 heavy (non-hydrogen) atoms. The second kappa shape index (κ2) is 6.29. The van der Waals surface area contributed by atoms with Gasteiger partial charge in [0.05, 0.1) is 0 Å². The number of carbonyl (C=O) groups excluding carboxylic acids is 2. The maximum absolute atomic E-state index is 11.8. The molecule has 8 nitrogen and oxygen atoms in total. The van der Waals surface area contributed by atoms with Crippen LogP contribution < -0.4 is 10.9 Å². The summed E-state index contributed by atoms with van der Waals surface area (Å²) in [6, 6.07) is 9.02. The number of benzene rings is 1. The Balaban J connectivity index is 1.79. The van der Waals surface area contributed by atoms with Crippen molar-refractivity contribution in [3.8, 4) is 0 Å².